The minimum absolute atomic E-state index is 0.169. The Kier molecular flexibility index (Phi) is 2.28. The van der Waals surface area contributed by atoms with Crippen molar-refractivity contribution in [3.8, 4) is 0 Å². The van der Waals surface area contributed by atoms with Crippen LogP contribution >= 0.6 is 0 Å². The van der Waals surface area contributed by atoms with Gasteiger partial charge in [0, 0.05) is 0 Å². The van der Waals surface area contributed by atoms with E-state index >= 15 is 0 Å². The van der Waals surface area contributed by atoms with Crippen LogP contribution in [0.1, 0.15) is 6.92 Å². The molecule has 0 fully saturated rings. The summed E-state index contributed by atoms with van der Waals surface area (Å²) in [6.45, 7) is 1.51. The van der Waals surface area contributed by atoms with Crippen molar-refractivity contribution in [2.75, 3.05) is 0 Å². The fourth-order valence-corrected chi connectivity index (χ4v) is 0.0968. The smallest absolute Gasteiger partial charge is 0.125 e. The molecule has 0 amide bonds. The maximum Gasteiger partial charge on any atom is 0.125 e. The lowest BCUT2D eigenvalue weighted by molar-refractivity contribution is 0.320. The largest absolute Gasteiger partial charge is 0.286 e. The minimum atomic E-state index is 0.169. The van der Waals surface area contributed by atoms with Gasteiger partial charge in [0.25, 0.3) is 0 Å². The standard InChI is InChI=1S/C2H9N5/c1-2(3)7(5)6-4/h3,6H,4-5H2,1H3. The van der Waals surface area contributed by atoms with Gasteiger partial charge >= 0.3 is 0 Å². The second kappa shape index (κ2) is 2.51. The van der Waals surface area contributed by atoms with Gasteiger partial charge < -0.3 is 0 Å². The van der Waals surface area contributed by atoms with Gasteiger partial charge in [-0.15, -0.1) is 0 Å². The average Bonchev–Trinajstić information content (AvgIpc) is 1.65. The van der Waals surface area contributed by atoms with E-state index in [0.717, 1.165) is 5.12 Å². The highest BCUT2D eigenvalue weighted by Gasteiger charge is 1.89. The van der Waals surface area contributed by atoms with E-state index in [-0.39, 0.29) is 5.84 Å². The van der Waals surface area contributed by atoms with Gasteiger partial charge in [-0.05, 0) is 6.92 Å². The molecule has 6 N–H and O–H groups in total. The Morgan fingerprint density at radius 1 is 1.86 bits per heavy atom. The number of nitrogens with one attached hydrogen (secondary N) is 2. The van der Waals surface area contributed by atoms with E-state index in [1.165, 1.54) is 6.92 Å². The predicted octanol–water partition coefficient (Wildman–Crippen LogP) is -1.46. The first kappa shape index (κ1) is 6.35. The number of hydrogen-bond donors (Lipinski definition) is 4. The fourth-order valence-electron chi connectivity index (χ4n) is 0.0968. The molecule has 5 heteroatoms. The zero-order chi connectivity index (χ0) is 5.86. The molecule has 0 saturated heterocycles. The lowest BCUT2D eigenvalue weighted by Crippen LogP contribution is -2.50. The van der Waals surface area contributed by atoms with Crippen molar-refractivity contribution in [2.45, 2.75) is 6.92 Å². The Bertz CT molecular complexity index is 68.5. The summed E-state index contributed by atoms with van der Waals surface area (Å²) in [5.41, 5.74) is 2.05. The van der Waals surface area contributed by atoms with Crippen molar-refractivity contribution in [1.82, 2.24) is 10.7 Å². The molecule has 0 atom stereocenters. The number of rotatable bonds is 1. The summed E-state index contributed by atoms with van der Waals surface area (Å²) < 4.78 is 0. The van der Waals surface area contributed by atoms with E-state index in [1.54, 1.807) is 0 Å². The molecule has 0 spiro atoms. The second-order valence-corrected chi connectivity index (χ2v) is 1.08. The van der Waals surface area contributed by atoms with Crippen molar-refractivity contribution < 1.29 is 0 Å². The van der Waals surface area contributed by atoms with Crippen LogP contribution in [0.3, 0.4) is 0 Å². The van der Waals surface area contributed by atoms with Crippen molar-refractivity contribution in [1.29, 1.82) is 5.41 Å². The number of amidine groups is 1. The summed E-state index contributed by atoms with van der Waals surface area (Å²) in [5, 5.41) is 7.66. The first-order chi connectivity index (χ1) is 3.18. The predicted molar refractivity (Wildman–Crippen MR) is 26.8 cm³/mol. The van der Waals surface area contributed by atoms with Crippen LogP contribution < -0.4 is 17.2 Å². The number of hydrazine groups is 3. The Hall–Kier alpha value is -0.650. The Morgan fingerprint density at radius 3 is 2.29 bits per heavy atom. The van der Waals surface area contributed by atoms with Crippen molar-refractivity contribution >= 4 is 5.84 Å². The average molecular weight is 103 g/mol. The van der Waals surface area contributed by atoms with Gasteiger partial charge in [-0.25, -0.2) is 11.0 Å². The molecule has 0 bridgehead atoms. The molecule has 0 aromatic heterocycles. The highest BCUT2D eigenvalue weighted by molar-refractivity contribution is 5.74. The van der Waals surface area contributed by atoms with Crippen LogP contribution in [0.2, 0.25) is 0 Å². The molecular weight excluding hydrogens is 94.1 g/mol. The Balaban J connectivity index is 3.34. The number of nitrogens with two attached hydrogens (primary N) is 2. The van der Waals surface area contributed by atoms with E-state index in [1.807, 2.05) is 0 Å². The first-order valence-electron chi connectivity index (χ1n) is 1.74. The van der Waals surface area contributed by atoms with Crippen LogP contribution in [0.5, 0.6) is 0 Å². The van der Waals surface area contributed by atoms with Gasteiger partial charge in [0.15, 0.2) is 0 Å². The molecule has 0 aromatic rings. The van der Waals surface area contributed by atoms with E-state index in [9.17, 15) is 0 Å². The van der Waals surface area contributed by atoms with Gasteiger partial charge in [-0.2, -0.15) is 5.53 Å². The van der Waals surface area contributed by atoms with Crippen LogP contribution in [0, 0.1) is 5.41 Å². The molecular formula is C2H9N5. The van der Waals surface area contributed by atoms with Crippen LogP contribution in [-0.2, 0) is 0 Å². The summed E-state index contributed by atoms with van der Waals surface area (Å²) in [5.74, 6) is 9.94. The maximum absolute atomic E-state index is 6.76. The Morgan fingerprint density at radius 2 is 2.29 bits per heavy atom. The van der Waals surface area contributed by atoms with Crippen LogP contribution in [-0.4, -0.2) is 11.0 Å². The zero-order valence-corrected chi connectivity index (χ0v) is 4.10. The van der Waals surface area contributed by atoms with Crippen molar-refractivity contribution in [2.24, 2.45) is 11.7 Å². The molecule has 0 unspecified atom stereocenters. The number of nitrogens with zero attached hydrogens (tertiary/aromatic N) is 1. The molecule has 0 saturated carbocycles. The van der Waals surface area contributed by atoms with Crippen molar-refractivity contribution in [3.05, 3.63) is 0 Å². The highest BCUT2D eigenvalue weighted by atomic mass is 15.8. The lowest BCUT2D eigenvalue weighted by atomic mass is 10.7. The van der Waals surface area contributed by atoms with E-state index in [0.29, 0.717) is 0 Å². The summed E-state index contributed by atoms with van der Waals surface area (Å²) in [6, 6.07) is 0. The molecule has 0 aliphatic carbocycles. The normalized spacial score (nSPS) is 8.43. The van der Waals surface area contributed by atoms with Gasteiger partial charge in [0.2, 0.25) is 0 Å². The molecule has 0 aromatic carbocycles. The van der Waals surface area contributed by atoms with Crippen LogP contribution in [0.15, 0.2) is 0 Å². The summed E-state index contributed by atoms with van der Waals surface area (Å²) in [4.78, 5) is 0. The summed E-state index contributed by atoms with van der Waals surface area (Å²) in [6.07, 6.45) is 0. The van der Waals surface area contributed by atoms with E-state index in [4.69, 9.17) is 17.1 Å². The first-order valence-corrected chi connectivity index (χ1v) is 1.74. The molecule has 0 radical (unpaired) electrons. The summed E-state index contributed by atoms with van der Waals surface area (Å²) in [7, 11) is 0. The number of hydrogen-bond acceptors (Lipinski definition) is 4. The van der Waals surface area contributed by atoms with E-state index < -0.39 is 0 Å². The molecule has 42 valence electrons. The zero-order valence-electron chi connectivity index (χ0n) is 4.10. The molecule has 5 nitrogen and oxygen atoms in total. The van der Waals surface area contributed by atoms with Gasteiger partial charge in [0.1, 0.15) is 5.84 Å². The summed E-state index contributed by atoms with van der Waals surface area (Å²) >= 11 is 0. The van der Waals surface area contributed by atoms with Crippen molar-refractivity contribution in [3.63, 3.8) is 0 Å². The third kappa shape index (κ3) is 2.10. The lowest BCUT2D eigenvalue weighted by Gasteiger charge is -2.12. The van der Waals surface area contributed by atoms with Gasteiger partial charge in [-0.3, -0.25) is 11.3 Å². The minimum Gasteiger partial charge on any atom is -0.286 e. The SMILES string of the molecule is CC(=N)N(N)NN. The fraction of sp³-hybridized carbons (Fsp3) is 0.500. The second-order valence-electron chi connectivity index (χ2n) is 1.08. The van der Waals surface area contributed by atoms with Gasteiger partial charge in [-0.1, -0.05) is 0 Å². The topological polar surface area (TPSA) is 91.2 Å². The van der Waals surface area contributed by atoms with Gasteiger partial charge in [0.05, 0.1) is 0 Å². The highest BCUT2D eigenvalue weighted by Crippen LogP contribution is 1.64. The molecule has 0 aliphatic heterocycles. The van der Waals surface area contributed by atoms with Crippen LogP contribution in [0.4, 0.5) is 0 Å². The molecule has 0 heterocycles. The molecule has 0 aliphatic rings. The maximum atomic E-state index is 6.76. The van der Waals surface area contributed by atoms with Crippen LogP contribution in [0.25, 0.3) is 0 Å². The third-order valence-electron chi connectivity index (χ3n) is 0.500. The molecule has 7 heavy (non-hydrogen) atoms. The molecule has 0 rings (SSSR count). The Labute approximate surface area is 41.7 Å². The third-order valence-corrected chi connectivity index (χ3v) is 0.500. The van der Waals surface area contributed by atoms with E-state index in [2.05, 4.69) is 5.53 Å². The monoisotopic (exact) mass is 103 g/mol. The quantitative estimate of drug-likeness (QED) is 0.141.